The summed E-state index contributed by atoms with van der Waals surface area (Å²) in [4.78, 5) is 25.3. The van der Waals surface area contributed by atoms with E-state index in [2.05, 4.69) is 11.4 Å². The van der Waals surface area contributed by atoms with Crippen LogP contribution in [0.1, 0.15) is 43.9 Å². The van der Waals surface area contributed by atoms with Crippen LogP contribution in [0, 0.1) is 25.2 Å². The van der Waals surface area contributed by atoms with Gasteiger partial charge in [-0.25, -0.2) is 4.79 Å². The Labute approximate surface area is 150 Å². The number of hydrogen-bond donors (Lipinski definition) is 1. The highest BCUT2D eigenvalue weighted by atomic mass is 32.1. The van der Waals surface area contributed by atoms with Crippen LogP contribution in [-0.4, -0.2) is 18.5 Å². The molecule has 0 unspecified atom stereocenters. The van der Waals surface area contributed by atoms with E-state index in [1.54, 1.807) is 12.1 Å². The number of rotatable bonds is 4. The predicted octanol–water partition coefficient (Wildman–Crippen LogP) is 3.52. The molecule has 6 heteroatoms. The van der Waals surface area contributed by atoms with E-state index in [1.165, 1.54) is 16.2 Å². The number of carbonyl (C=O) groups is 2. The fourth-order valence-electron chi connectivity index (χ4n) is 3.08. The molecular weight excluding hydrogens is 336 g/mol. The molecule has 1 aliphatic rings. The zero-order valence-corrected chi connectivity index (χ0v) is 15.0. The zero-order valence-electron chi connectivity index (χ0n) is 14.1. The number of aryl methyl sites for hydroxylation is 3. The van der Waals surface area contributed by atoms with Crippen molar-refractivity contribution in [2.75, 3.05) is 11.9 Å². The van der Waals surface area contributed by atoms with Gasteiger partial charge in [0.2, 0.25) is 0 Å². The Hall–Kier alpha value is -2.65. The van der Waals surface area contributed by atoms with Crippen LogP contribution >= 0.6 is 11.3 Å². The van der Waals surface area contributed by atoms with Gasteiger partial charge >= 0.3 is 5.97 Å². The van der Waals surface area contributed by atoms with Crippen molar-refractivity contribution in [3.8, 4) is 6.07 Å². The molecule has 0 aliphatic heterocycles. The molecule has 0 fully saturated rings. The summed E-state index contributed by atoms with van der Waals surface area (Å²) in [5.74, 6) is -0.967. The number of ether oxygens (including phenoxy) is 1. The minimum absolute atomic E-state index is 0.376. The molecule has 0 saturated heterocycles. The van der Waals surface area contributed by atoms with Gasteiger partial charge < -0.3 is 10.1 Å². The molecule has 1 amide bonds. The van der Waals surface area contributed by atoms with Crippen molar-refractivity contribution in [2.45, 2.75) is 33.1 Å². The van der Waals surface area contributed by atoms with Gasteiger partial charge in [-0.2, -0.15) is 5.26 Å². The number of amides is 1. The summed E-state index contributed by atoms with van der Waals surface area (Å²) in [7, 11) is 0. The van der Waals surface area contributed by atoms with Crippen molar-refractivity contribution in [3.63, 3.8) is 0 Å². The third kappa shape index (κ3) is 3.72. The molecule has 1 heterocycles. The maximum absolute atomic E-state index is 12.1. The summed E-state index contributed by atoms with van der Waals surface area (Å²) in [6.45, 7) is 3.42. The van der Waals surface area contributed by atoms with Crippen LogP contribution in [0.25, 0.3) is 0 Å². The van der Waals surface area contributed by atoms with Gasteiger partial charge in [-0.1, -0.05) is 17.2 Å². The van der Waals surface area contributed by atoms with Gasteiger partial charge in [0.15, 0.2) is 6.61 Å². The van der Waals surface area contributed by atoms with Crippen LogP contribution in [0.2, 0.25) is 0 Å². The number of fused-ring (bicyclic) bond motifs is 1. The maximum Gasteiger partial charge on any atom is 0.338 e. The first kappa shape index (κ1) is 17.2. The molecule has 1 aromatic carbocycles. The molecule has 25 heavy (non-hydrogen) atoms. The van der Waals surface area contributed by atoms with Crippen molar-refractivity contribution in [1.29, 1.82) is 5.26 Å². The lowest BCUT2D eigenvalue weighted by atomic mass is 10.1. The molecule has 2 aromatic rings. The van der Waals surface area contributed by atoms with E-state index in [0.29, 0.717) is 16.1 Å². The number of thiophene rings is 1. The second kappa shape index (κ2) is 7.08. The van der Waals surface area contributed by atoms with Crippen LogP contribution < -0.4 is 5.32 Å². The van der Waals surface area contributed by atoms with E-state index < -0.39 is 11.9 Å². The van der Waals surface area contributed by atoms with Crippen LogP contribution in [0.4, 0.5) is 5.00 Å². The Kier molecular flexibility index (Phi) is 4.86. The lowest BCUT2D eigenvalue weighted by Crippen LogP contribution is -2.21. The Morgan fingerprint density at radius 3 is 2.64 bits per heavy atom. The highest BCUT2D eigenvalue weighted by molar-refractivity contribution is 7.16. The molecule has 1 aliphatic carbocycles. The lowest BCUT2D eigenvalue weighted by Gasteiger charge is -2.07. The number of benzene rings is 1. The van der Waals surface area contributed by atoms with Gasteiger partial charge in [0.05, 0.1) is 11.1 Å². The third-order valence-electron chi connectivity index (χ3n) is 4.08. The first-order chi connectivity index (χ1) is 12.0. The van der Waals surface area contributed by atoms with E-state index in [1.807, 2.05) is 19.9 Å². The minimum atomic E-state index is -0.531. The topological polar surface area (TPSA) is 79.2 Å². The van der Waals surface area contributed by atoms with Gasteiger partial charge in [0, 0.05) is 4.88 Å². The zero-order chi connectivity index (χ0) is 18.0. The maximum atomic E-state index is 12.1. The molecule has 0 atom stereocenters. The number of nitrogens with one attached hydrogen (secondary N) is 1. The quantitative estimate of drug-likeness (QED) is 0.852. The number of esters is 1. The SMILES string of the molecule is Cc1cc(C)cc(C(=O)OCC(=O)Nc2sc3c(c2C#N)CCC3)c1. The molecule has 1 aromatic heterocycles. The lowest BCUT2D eigenvalue weighted by molar-refractivity contribution is -0.119. The molecule has 128 valence electrons. The largest absolute Gasteiger partial charge is 0.452 e. The number of nitrogens with zero attached hydrogens (tertiary/aromatic N) is 1. The number of hydrogen-bond acceptors (Lipinski definition) is 5. The van der Waals surface area contributed by atoms with Gasteiger partial charge in [-0.15, -0.1) is 11.3 Å². The fraction of sp³-hybridized carbons (Fsp3) is 0.316. The Morgan fingerprint density at radius 1 is 1.24 bits per heavy atom. The molecule has 0 spiro atoms. The molecule has 0 radical (unpaired) electrons. The van der Waals surface area contributed by atoms with Crippen molar-refractivity contribution in [1.82, 2.24) is 0 Å². The van der Waals surface area contributed by atoms with Gasteiger partial charge in [-0.3, -0.25) is 4.79 Å². The fourth-order valence-corrected chi connectivity index (χ4v) is 4.34. The molecule has 0 saturated carbocycles. The second-order valence-corrected chi connectivity index (χ2v) is 7.28. The van der Waals surface area contributed by atoms with Crippen molar-refractivity contribution in [2.24, 2.45) is 0 Å². The molecule has 1 N–H and O–H groups in total. The summed E-state index contributed by atoms with van der Waals surface area (Å²) in [6.07, 6.45) is 2.89. The van der Waals surface area contributed by atoms with Crippen LogP contribution in [0.5, 0.6) is 0 Å². The minimum Gasteiger partial charge on any atom is -0.452 e. The van der Waals surface area contributed by atoms with Crippen molar-refractivity contribution in [3.05, 3.63) is 50.9 Å². The molecular formula is C19H18N2O3S. The number of anilines is 1. The number of carbonyl (C=O) groups excluding carboxylic acids is 2. The van der Waals surface area contributed by atoms with Crippen LogP contribution in [-0.2, 0) is 22.4 Å². The van der Waals surface area contributed by atoms with Gasteiger partial charge in [0.25, 0.3) is 5.91 Å². The van der Waals surface area contributed by atoms with Gasteiger partial charge in [-0.05, 0) is 50.8 Å². The third-order valence-corrected chi connectivity index (χ3v) is 5.29. The predicted molar refractivity (Wildman–Crippen MR) is 95.9 cm³/mol. The smallest absolute Gasteiger partial charge is 0.338 e. The van der Waals surface area contributed by atoms with Crippen LogP contribution in [0.3, 0.4) is 0 Å². The van der Waals surface area contributed by atoms with E-state index in [-0.39, 0.29) is 6.61 Å². The summed E-state index contributed by atoms with van der Waals surface area (Å²) in [5.41, 5.74) is 3.95. The standard InChI is InChI=1S/C19H18N2O3S/c1-11-6-12(2)8-13(7-11)19(23)24-10-17(22)21-18-15(9-20)14-4-3-5-16(14)25-18/h6-8H,3-5,10H2,1-2H3,(H,21,22). The van der Waals surface area contributed by atoms with Crippen molar-refractivity contribution >= 4 is 28.2 Å². The van der Waals surface area contributed by atoms with E-state index >= 15 is 0 Å². The first-order valence-corrected chi connectivity index (χ1v) is 8.89. The molecule has 5 nitrogen and oxygen atoms in total. The Morgan fingerprint density at radius 2 is 1.96 bits per heavy atom. The second-order valence-electron chi connectivity index (χ2n) is 6.17. The average Bonchev–Trinajstić information content (AvgIpc) is 3.12. The average molecular weight is 354 g/mol. The summed E-state index contributed by atoms with van der Waals surface area (Å²) >= 11 is 1.44. The monoisotopic (exact) mass is 354 g/mol. The van der Waals surface area contributed by atoms with Gasteiger partial charge in [0.1, 0.15) is 11.1 Å². The number of nitriles is 1. The first-order valence-electron chi connectivity index (χ1n) is 8.08. The van der Waals surface area contributed by atoms with E-state index in [0.717, 1.165) is 36.0 Å². The van der Waals surface area contributed by atoms with Crippen molar-refractivity contribution < 1.29 is 14.3 Å². The molecule has 3 rings (SSSR count). The normalized spacial score (nSPS) is 12.4. The molecule has 0 bridgehead atoms. The Bertz CT molecular complexity index is 873. The van der Waals surface area contributed by atoms with E-state index in [9.17, 15) is 14.9 Å². The highest BCUT2D eigenvalue weighted by Crippen LogP contribution is 2.38. The highest BCUT2D eigenvalue weighted by Gasteiger charge is 2.23. The Balaban J connectivity index is 1.62. The summed E-state index contributed by atoms with van der Waals surface area (Å²) < 4.78 is 5.09. The summed E-state index contributed by atoms with van der Waals surface area (Å²) in [6, 6.07) is 7.59. The van der Waals surface area contributed by atoms with Crippen LogP contribution in [0.15, 0.2) is 18.2 Å². The van der Waals surface area contributed by atoms with E-state index in [4.69, 9.17) is 4.74 Å². The summed E-state index contributed by atoms with van der Waals surface area (Å²) in [5, 5.41) is 12.6.